The van der Waals surface area contributed by atoms with Gasteiger partial charge >= 0.3 is 0 Å². The molecule has 0 aromatic heterocycles. The van der Waals surface area contributed by atoms with Gasteiger partial charge < -0.3 is 5.32 Å². The van der Waals surface area contributed by atoms with Crippen LogP contribution in [-0.4, -0.2) is 11.9 Å². The van der Waals surface area contributed by atoms with E-state index < -0.39 is 0 Å². The second-order valence-electron chi connectivity index (χ2n) is 3.23. The predicted octanol–water partition coefficient (Wildman–Crippen LogP) is 2.93. The molecule has 1 aromatic rings. The Hall–Kier alpha value is -0.600. The maximum Gasteiger partial charge on any atom is 0.127 e. The van der Waals surface area contributed by atoms with E-state index in [1.54, 1.807) is 12.1 Å². The zero-order valence-electron chi connectivity index (χ0n) is 8.26. The molecule has 0 radical (unpaired) electrons. The lowest BCUT2D eigenvalue weighted by Gasteiger charge is -2.08. The normalized spacial score (nSPS) is 12.8. The quantitative estimate of drug-likeness (QED) is 0.745. The van der Waals surface area contributed by atoms with Crippen LogP contribution in [0.5, 0.6) is 0 Å². The zero-order valence-corrected chi connectivity index (χ0v) is 9.02. The zero-order chi connectivity index (χ0) is 10.4. The lowest BCUT2D eigenvalue weighted by Crippen LogP contribution is -2.22. The van der Waals surface area contributed by atoms with Crippen molar-refractivity contribution in [1.29, 1.82) is 0 Å². The third-order valence-corrected chi connectivity index (χ3v) is 2.55. The topological polar surface area (TPSA) is 12.0 Å². The second kappa shape index (κ2) is 5.99. The van der Waals surface area contributed by atoms with Gasteiger partial charge in [-0.15, -0.1) is 11.6 Å². The molecule has 1 atom stereocenters. The molecule has 0 aliphatic carbocycles. The molecule has 1 unspecified atom stereocenters. The number of halogens is 2. The molecule has 1 rings (SSSR count). The molecule has 0 saturated carbocycles. The van der Waals surface area contributed by atoms with Gasteiger partial charge in [0.05, 0.1) is 0 Å². The molecule has 1 aromatic carbocycles. The second-order valence-corrected chi connectivity index (χ2v) is 3.85. The molecule has 0 aliphatic rings. The SMILES string of the molecule is CCC(Cl)CNCc1ccccc1F. The summed E-state index contributed by atoms with van der Waals surface area (Å²) in [4.78, 5) is 0. The van der Waals surface area contributed by atoms with Crippen LogP contribution in [0.3, 0.4) is 0 Å². The number of alkyl halides is 1. The van der Waals surface area contributed by atoms with Gasteiger partial charge in [-0.05, 0) is 12.5 Å². The maximum absolute atomic E-state index is 13.1. The summed E-state index contributed by atoms with van der Waals surface area (Å²) < 4.78 is 13.1. The van der Waals surface area contributed by atoms with E-state index in [0.717, 1.165) is 6.42 Å². The number of benzene rings is 1. The van der Waals surface area contributed by atoms with Gasteiger partial charge in [-0.1, -0.05) is 25.1 Å². The summed E-state index contributed by atoms with van der Waals surface area (Å²) in [5, 5.41) is 3.25. The smallest absolute Gasteiger partial charge is 0.127 e. The summed E-state index contributed by atoms with van der Waals surface area (Å²) in [6.07, 6.45) is 0.922. The highest BCUT2D eigenvalue weighted by molar-refractivity contribution is 6.20. The molecule has 0 saturated heterocycles. The van der Waals surface area contributed by atoms with Crippen molar-refractivity contribution < 1.29 is 4.39 Å². The molecule has 0 aliphatic heterocycles. The van der Waals surface area contributed by atoms with Crippen LogP contribution in [0.4, 0.5) is 4.39 Å². The van der Waals surface area contributed by atoms with Gasteiger partial charge in [-0.3, -0.25) is 0 Å². The van der Waals surface area contributed by atoms with E-state index in [9.17, 15) is 4.39 Å². The van der Waals surface area contributed by atoms with Crippen LogP contribution in [0.2, 0.25) is 0 Å². The Labute approximate surface area is 89.3 Å². The number of nitrogens with one attached hydrogen (secondary N) is 1. The highest BCUT2D eigenvalue weighted by atomic mass is 35.5. The maximum atomic E-state index is 13.1. The fraction of sp³-hybridized carbons (Fsp3) is 0.455. The van der Waals surface area contributed by atoms with Gasteiger partial charge in [0.1, 0.15) is 5.82 Å². The number of hydrogen-bond acceptors (Lipinski definition) is 1. The van der Waals surface area contributed by atoms with Crippen LogP contribution in [-0.2, 0) is 6.54 Å². The van der Waals surface area contributed by atoms with Crippen LogP contribution in [0.25, 0.3) is 0 Å². The van der Waals surface area contributed by atoms with Gasteiger partial charge in [0, 0.05) is 24.0 Å². The minimum Gasteiger partial charge on any atom is -0.311 e. The van der Waals surface area contributed by atoms with Gasteiger partial charge in [0.25, 0.3) is 0 Å². The van der Waals surface area contributed by atoms with E-state index in [0.29, 0.717) is 18.7 Å². The molecule has 0 heterocycles. The summed E-state index contributed by atoms with van der Waals surface area (Å²) in [7, 11) is 0. The molecule has 0 bridgehead atoms. The highest BCUT2D eigenvalue weighted by Crippen LogP contribution is 2.06. The van der Waals surface area contributed by atoms with Crippen molar-refractivity contribution in [2.75, 3.05) is 6.54 Å². The van der Waals surface area contributed by atoms with Gasteiger partial charge in [0.15, 0.2) is 0 Å². The monoisotopic (exact) mass is 215 g/mol. The molecule has 78 valence electrons. The van der Waals surface area contributed by atoms with Gasteiger partial charge in [-0.25, -0.2) is 4.39 Å². The molecule has 1 nitrogen and oxygen atoms in total. The lowest BCUT2D eigenvalue weighted by molar-refractivity contribution is 0.581. The van der Waals surface area contributed by atoms with E-state index in [1.807, 2.05) is 13.0 Å². The van der Waals surface area contributed by atoms with E-state index in [-0.39, 0.29) is 11.2 Å². The number of hydrogen-bond donors (Lipinski definition) is 1. The summed E-state index contributed by atoms with van der Waals surface area (Å²) in [5.74, 6) is -0.164. The molecule has 14 heavy (non-hydrogen) atoms. The Balaban J connectivity index is 2.35. The lowest BCUT2D eigenvalue weighted by atomic mass is 10.2. The van der Waals surface area contributed by atoms with Crippen LogP contribution in [0, 0.1) is 5.82 Å². The van der Waals surface area contributed by atoms with E-state index >= 15 is 0 Å². The first-order valence-corrected chi connectivity index (χ1v) is 5.26. The third kappa shape index (κ3) is 3.64. The van der Waals surface area contributed by atoms with E-state index in [1.165, 1.54) is 6.07 Å². The Bertz CT molecular complexity index is 278. The molecular weight excluding hydrogens is 201 g/mol. The first-order chi connectivity index (χ1) is 6.74. The van der Waals surface area contributed by atoms with Gasteiger partial charge in [-0.2, -0.15) is 0 Å². The van der Waals surface area contributed by atoms with Gasteiger partial charge in [0.2, 0.25) is 0 Å². The largest absolute Gasteiger partial charge is 0.311 e. The van der Waals surface area contributed by atoms with E-state index in [4.69, 9.17) is 11.6 Å². The third-order valence-electron chi connectivity index (χ3n) is 2.08. The van der Waals surface area contributed by atoms with Crippen LogP contribution >= 0.6 is 11.6 Å². The number of rotatable bonds is 5. The molecule has 0 amide bonds. The first kappa shape index (κ1) is 11.5. The summed E-state index contributed by atoms with van der Waals surface area (Å²) >= 11 is 5.92. The highest BCUT2D eigenvalue weighted by Gasteiger charge is 2.02. The van der Waals surface area contributed by atoms with Crippen LogP contribution in [0.15, 0.2) is 24.3 Å². The molecular formula is C11H15ClFN. The molecule has 3 heteroatoms. The molecule has 0 fully saturated rings. The van der Waals surface area contributed by atoms with Crippen molar-refractivity contribution in [3.63, 3.8) is 0 Å². The molecule has 1 N–H and O–H groups in total. The summed E-state index contributed by atoms with van der Waals surface area (Å²) in [6.45, 7) is 3.28. The predicted molar refractivity (Wildman–Crippen MR) is 58.0 cm³/mol. The van der Waals surface area contributed by atoms with Crippen molar-refractivity contribution in [1.82, 2.24) is 5.32 Å². The minimum atomic E-state index is -0.164. The Morgan fingerprint density at radius 2 is 2.14 bits per heavy atom. The first-order valence-electron chi connectivity index (χ1n) is 4.82. The standard InChI is InChI=1S/C11H15ClFN/c1-2-10(12)8-14-7-9-5-3-4-6-11(9)13/h3-6,10,14H,2,7-8H2,1H3. The Morgan fingerprint density at radius 1 is 1.43 bits per heavy atom. The van der Waals surface area contributed by atoms with Crippen molar-refractivity contribution in [2.24, 2.45) is 0 Å². The summed E-state index contributed by atoms with van der Waals surface area (Å²) in [5.41, 5.74) is 0.687. The van der Waals surface area contributed by atoms with Crippen LogP contribution in [0.1, 0.15) is 18.9 Å². The minimum absolute atomic E-state index is 0.127. The van der Waals surface area contributed by atoms with Crippen molar-refractivity contribution in [3.8, 4) is 0 Å². The average Bonchev–Trinajstić information content (AvgIpc) is 2.20. The molecule has 0 spiro atoms. The fourth-order valence-electron chi connectivity index (χ4n) is 1.15. The summed E-state index contributed by atoms with van der Waals surface area (Å²) in [6, 6.07) is 6.76. The van der Waals surface area contributed by atoms with Crippen molar-refractivity contribution in [2.45, 2.75) is 25.3 Å². The fourth-order valence-corrected chi connectivity index (χ4v) is 1.26. The van der Waals surface area contributed by atoms with E-state index in [2.05, 4.69) is 5.32 Å². The average molecular weight is 216 g/mol. The Kier molecular flexibility index (Phi) is 4.91. The van der Waals surface area contributed by atoms with Crippen LogP contribution < -0.4 is 5.32 Å². The Morgan fingerprint density at radius 3 is 2.79 bits per heavy atom. The van der Waals surface area contributed by atoms with Crippen molar-refractivity contribution >= 4 is 11.6 Å². The van der Waals surface area contributed by atoms with Crippen molar-refractivity contribution in [3.05, 3.63) is 35.6 Å².